The molecule has 7 nitrogen and oxygen atoms in total. The number of carboxylic acid groups (broad SMARTS) is 1. The zero-order valence-electron chi connectivity index (χ0n) is 19.6. The van der Waals surface area contributed by atoms with Crippen LogP contribution in [-0.4, -0.2) is 41.8 Å². The zero-order valence-corrected chi connectivity index (χ0v) is 19.6. The summed E-state index contributed by atoms with van der Waals surface area (Å²) in [7, 11) is 0. The van der Waals surface area contributed by atoms with Gasteiger partial charge in [0.1, 0.15) is 12.6 Å². The molecule has 2 aromatic rings. The number of rotatable bonds is 9. The Morgan fingerprint density at radius 1 is 0.971 bits per heavy atom. The summed E-state index contributed by atoms with van der Waals surface area (Å²) in [5, 5.41) is 14.9. The molecular weight excluding hydrogens is 432 g/mol. The van der Waals surface area contributed by atoms with Gasteiger partial charge in [-0.3, -0.25) is 4.79 Å². The molecule has 3 N–H and O–H groups in total. The van der Waals surface area contributed by atoms with Crippen LogP contribution >= 0.6 is 0 Å². The van der Waals surface area contributed by atoms with Gasteiger partial charge in [0.2, 0.25) is 5.91 Å². The predicted molar refractivity (Wildman–Crippen MR) is 128 cm³/mol. The molecule has 180 valence electrons. The summed E-state index contributed by atoms with van der Waals surface area (Å²) in [4.78, 5) is 36.8. The van der Waals surface area contributed by atoms with Crippen LogP contribution in [0.15, 0.2) is 48.5 Å². The molecule has 0 spiro atoms. The maximum absolute atomic E-state index is 12.7. The second-order valence-electron chi connectivity index (χ2n) is 9.60. The number of aliphatic carboxylic acids is 1. The highest BCUT2D eigenvalue weighted by molar-refractivity contribution is 5.84. The van der Waals surface area contributed by atoms with Crippen LogP contribution in [-0.2, 0) is 14.3 Å². The maximum Gasteiger partial charge on any atom is 0.407 e. The lowest BCUT2D eigenvalue weighted by molar-refractivity contribution is -0.144. The van der Waals surface area contributed by atoms with E-state index in [-0.39, 0.29) is 36.7 Å². The number of benzene rings is 2. The van der Waals surface area contributed by atoms with E-state index in [0.29, 0.717) is 0 Å². The molecule has 0 aromatic heterocycles. The molecule has 2 amide bonds. The van der Waals surface area contributed by atoms with Crippen LogP contribution < -0.4 is 10.6 Å². The Morgan fingerprint density at radius 3 is 2.06 bits per heavy atom. The fourth-order valence-corrected chi connectivity index (χ4v) is 4.83. The van der Waals surface area contributed by atoms with Gasteiger partial charge in [-0.25, -0.2) is 9.59 Å². The number of alkyl carbamates (subject to hydrolysis) is 1. The van der Waals surface area contributed by atoms with E-state index in [9.17, 15) is 19.5 Å². The van der Waals surface area contributed by atoms with Gasteiger partial charge < -0.3 is 20.5 Å². The van der Waals surface area contributed by atoms with Gasteiger partial charge in [-0.2, -0.15) is 0 Å². The molecule has 0 heterocycles. The second-order valence-corrected chi connectivity index (χ2v) is 9.60. The van der Waals surface area contributed by atoms with Crippen LogP contribution in [0.2, 0.25) is 0 Å². The Hall–Kier alpha value is -3.35. The molecule has 1 saturated carbocycles. The number of hydrogen-bond acceptors (Lipinski definition) is 4. The Balaban J connectivity index is 1.35. The molecule has 2 atom stereocenters. The summed E-state index contributed by atoms with van der Waals surface area (Å²) in [6.07, 6.45) is 2.02. The molecule has 0 radical (unpaired) electrons. The minimum atomic E-state index is -1.01. The summed E-state index contributed by atoms with van der Waals surface area (Å²) in [5.41, 5.74) is 4.57. The summed E-state index contributed by atoms with van der Waals surface area (Å²) >= 11 is 0. The highest BCUT2D eigenvalue weighted by atomic mass is 16.5. The highest BCUT2D eigenvalue weighted by Crippen LogP contribution is 2.44. The van der Waals surface area contributed by atoms with E-state index in [1.54, 1.807) is 0 Å². The first-order chi connectivity index (χ1) is 16.3. The van der Waals surface area contributed by atoms with Gasteiger partial charge in [0, 0.05) is 18.4 Å². The van der Waals surface area contributed by atoms with Gasteiger partial charge in [0.05, 0.1) is 0 Å². The van der Waals surface area contributed by atoms with Gasteiger partial charge in [-0.15, -0.1) is 0 Å². The normalized spacial score (nSPS) is 16.7. The maximum atomic E-state index is 12.7. The molecule has 0 aliphatic heterocycles. The molecule has 2 aliphatic rings. The number of fused-ring (bicyclic) bond motifs is 3. The third-order valence-corrected chi connectivity index (χ3v) is 7.06. The van der Waals surface area contributed by atoms with Crippen molar-refractivity contribution in [1.29, 1.82) is 0 Å². The average Bonchev–Trinajstić information content (AvgIpc) is 3.09. The number of nitrogens with one attached hydrogen (secondary N) is 2. The number of carbonyl (C=O) groups excluding carboxylic acids is 2. The van der Waals surface area contributed by atoms with Gasteiger partial charge in [0.25, 0.3) is 0 Å². The van der Waals surface area contributed by atoms with Crippen molar-refractivity contribution in [1.82, 2.24) is 10.6 Å². The Kier molecular flexibility index (Phi) is 7.20. The van der Waals surface area contributed by atoms with Crippen LogP contribution in [0.3, 0.4) is 0 Å². The number of amides is 2. The van der Waals surface area contributed by atoms with Gasteiger partial charge >= 0.3 is 12.1 Å². The third kappa shape index (κ3) is 5.08. The van der Waals surface area contributed by atoms with Crippen molar-refractivity contribution in [2.24, 2.45) is 11.8 Å². The van der Waals surface area contributed by atoms with Crippen molar-refractivity contribution in [2.45, 2.75) is 57.5 Å². The quantitative estimate of drug-likeness (QED) is 0.513. The molecule has 1 fully saturated rings. The van der Waals surface area contributed by atoms with Crippen molar-refractivity contribution < 1.29 is 24.2 Å². The molecule has 34 heavy (non-hydrogen) atoms. The molecule has 2 aliphatic carbocycles. The third-order valence-electron chi connectivity index (χ3n) is 7.06. The predicted octanol–water partition coefficient (Wildman–Crippen LogP) is 4.31. The van der Waals surface area contributed by atoms with Crippen molar-refractivity contribution in [3.05, 3.63) is 59.7 Å². The van der Waals surface area contributed by atoms with Gasteiger partial charge in [0.15, 0.2) is 0 Å². The van der Waals surface area contributed by atoms with Crippen molar-refractivity contribution >= 4 is 18.0 Å². The van der Waals surface area contributed by atoms with Crippen LogP contribution in [0.1, 0.15) is 56.6 Å². The van der Waals surface area contributed by atoms with E-state index in [1.807, 2.05) is 38.1 Å². The summed E-state index contributed by atoms with van der Waals surface area (Å²) in [6.45, 7) is 4.00. The second kappa shape index (κ2) is 10.3. The molecule has 7 heteroatoms. The minimum Gasteiger partial charge on any atom is -0.480 e. The number of carbonyl (C=O) groups is 3. The van der Waals surface area contributed by atoms with Crippen molar-refractivity contribution in [3.63, 3.8) is 0 Å². The first-order valence-corrected chi connectivity index (χ1v) is 12.0. The number of ether oxygens (including phenoxy) is 1. The first kappa shape index (κ1) is 23.8. The first-order valence-electron chi connectivity index (χ1n) is 12.0. The van der Waals surface area contributed by atoms with E-state index in [4.69, 9.17) is 4.74 Å². The van der Waals surface area contributed by atoms with Crippen LogP contribution in [0.5, 0.6) is 0 Å². The monoisotopic (exact) mass is 464 g/mol. The molecule has 0 saturated heterocycles. The number of hydrogen-bond donors (Lipinski definition) is 3. The van der Waals surface area contributed by atoms with E-state index >= 15 is 0 Å². The van der Waals surface area contributed by atoms with Gasteiger partial charge in [-0.1, -0.05) is 68.8 Å². The average molecular weight is 465 g/mol. The standard InChI is InChI=1S/C27H32N2O5/c1-16(2)23(14-24(30)29-25(26(31)32)17-8-7-9-17)28-27(33)34-15-22-20-12-5-3-10-18(20)19-11-4-6-13-21(19)22/h3-6,10-13,16-17,22-23,25H,7-9,14-15H2,1-2H3,(H,28,33)(H,29,30)(H,31,32). The lowest BCUT2D eigenvalue weighted by Crippen LogP contribution is -2.50. The zero-order chi connectivity index (χ0) is 24.2. The van der Waals surface area contributed by atoms with E-state index in [0.717, 1.165) is 41.5 Å². The molecule has 2 unspecified atom stereocenters. The molecule has 0 bridgehead atoms. The summed E-state index contributed by atoms with van der Waals surface area (Å²) in [5.74, 6) is -1.48. The highest BCUT2D eigenvalue weighted by Gasteiger charge is 2.34. The minimum absolute atomic E-state index is 0.00162. The topological polar surface area (TPSA) is 105 Å². The van der Waals surface area contributed by atoms with Crippen LogP contribution in [0.4, 0.5) is 4.79 Å². The Morgan fingerprint density at radius 2 is 1.56 bits per heavy atom. The van der Waals surface area contributed by atoms with E-state index < -0.39 is 24.1 Å². The summed E-state index contributed by atoms with van der Waals surface area (Å²) < 4.78 is 5.61. The SMILES string of the molecule is CC(C)C(CC(=O)NC(C(=O)O)C1CCC1)NC(=O)OCC1c2ccccc2-c2ccccc21. The number of carboxylic acids is 1. The van der Waals surface area contributed by atoms with Crippen LogP contribution in [0, 0.1) is 11.8 Å². The lowest BCUT2D eigenvalue weighted by atomic mass is 9.79. The lowest BCUT2D eigenvalue weighted by Gasteiger charge is -2.32. The van der Waals surface area contributed by atoms with Crippen molar-refractivity contribution in [2.75, 3.05) is 6.61 Å². The summed E-state index contributed by atoms with van der Waals surface area (Å²) in [6, 6.07) is 14.9. The van der Waals surface area contributed by atoms with Gasteiger partial charge in [-0.05, 0) is 46.9 Å². The smallest absolute Gasteiger partial charge is 0.407 e. The van der Waals surface area contributed by atoms with Crippen molar-refractivity contribution in [3.8, 4) is 11.1 Å². The fraction of sp³-hybridized carbons (Fsp3) is 0.444. The molecular formula is C27H32N2O5. The Bertz CT molecular complexity index is 1020. The largest absolute Gasteiger partial charge is 0.480 e. The van der Waals surface area contributed by atoms with E-state index in [2.05, 4.69) is 34.9 Å². The fourth-order valence-electron chi connectivity index (χ4n) is 4.83. The van der Waals surface area contributed by atoms with Crippen LogP contribution in [0.25, 0.3) is 11.1 Å². The van der Waals surface area contributed by atoms with E-state index in [1.165, 1.54) is 0 Å². The molecule has 4 rings (SSSR count). The Labute approximate surface area is 199 Å². The molecule has 2 aromatic carbocycles.